The van der Waals surface area contributed by atoms with Gasteiger partial charge < -0.3 is 5.73 Å². The molecule has 1 aromatic heterocycles. The molecule has 0 aliphatic rings. The van der Waals surface area contributed by atoms with E-state index >= 15 is 0 Å². The molecule has 0 saturated heterocycles. The molecule has 0 aliphatic heterocycles. The van der Waals surface area contributed by atoms with Gasteiger partial charge in [-0.1, -0.05) is 11.6 Å². The number of pyridine rings is 1. The number of nitrogens with two attached hydrogens (primary N) is 1. The lowest BCUT2D eigenvalue weighted by atomic mass is 10.0. The molecule has 0 atom stereocenters. The van der Waals surface area contributed by atoms with Gasteiger partial charge in [0.2, 0.25) is 5.91 Å². The molecular weight excluding hydrogens is 212 g/mol. The Labute approximate surface area is 101 Å². The summed E-state index contributed by atoms with van der Waals surface area (Å²) in [5.41, 5.74) is 9.48. The highest BCUT2D eigenvalue weighted by Crippen LogP contribution is 2.19. The van der Waals surface area contributed by atoms with E-state index in [9.17, 15) is 4.79 Å². The second-order valence-electron chi connectivity index (χ2n) is 4.42. The van der Waals surface area contributed by atoms with Crippen LogP contribution in [-0.4, -0.2) is 10.9 Å². The van der Waals surface area contributed by atoms with Crippen molar-refractivity contribution in [2.24, 2.45) is 5.73 Å². The standard InChI is InChI=1S/C14H16N2O/c1-9-3-5-13-12(7-9)10(2)8-11(16-13)4-6-14(15)17/h3,5,7-8H,4,6H2,1-2H3,(H2,15,17). The summed E-state index contributed by atoms with van der Waals surface area (Å²) in [7, 11) is 0. The van der Waals surface area contributed by atoms with E-state index in [1.165, 1.54) is 16.5 Å². The number of rotatable bonds is 3. The number of nitrogens with zero attached hydrogens (tertiary/aromatic N) is 1. The minimum Gasteiger partial charge on any atom is -0.370 e. The van der Waals surface area contributed by atoms with Gasteiger partial charge in [0.15, 0.2) is 0 Å². The van der Waals surface area contributed by atoms with Crippen LogP contribution in [0.5, 0.6) is 0 Å². The molecular formula is C14H16N2O. The highest BCUT2D eigenvalue weighted by Gasteiger charge is 2.04. The molecule has 3 nitrogen and oxygen atoms in total. The van der Waals surface area contributed by atoms with Gasteiger partial charge in [-0.05, 0) is 44.0 Å². The number of hydrogen-bond donors (Lipinski definition) is 1. The van der Waals surface area contributed by atoms with Crippen molar-refractivity contribution in [3.8, 4) is 0 Å². The van der Waals surface area contributed by atoms with Gasteiger partial charge in [-0.25, -0.2) is 0 Å². The molecule has 0 saturated carbocycles. The average Bonchev–Trinajstić information content (AvgIpc) is 2.27. The minimum absolute atomic E-state index is 0.284. The van der Waals surface area contributed by atoms with Gasteiger partial charge in [-0.2, -0.15) is 0 Å². The van der Waals surface area contributed by atoms with Crippen LogP contribution in [0.4, 0.5) is 0 Å². The lowest BCUT2D eigenvalue weighted by Crippen LogP contribution is -2.11. The number of aryl methyl sites for hydroxylation is 3. The first-order chi connectivity index (χ1) is 8.06. The molecule has 0 fully saturated rings. The average molecular weight is 228 g/mol. The molecule has 0 bridgehead atoms. The molecule has 0 radical (unpaired) electrons. The van der Waals surface area contributed by atoms with E-state index in [-0.39, 0.29) is 5.91 Å². The van der Waals surface area contributed by atoms with Gasteiger partial charge in [-0.3, -0.25) is 9.78 Å². The third-order valence-electron chi connectivity index (χ3n) is 2.85. The van der Waals surface area contributed by atoms with E-state index in [1.54, 1.807) is 0 Å². The van der Waals surface area contributed by atoms with Crippen molar-refractivity contribution in [1.82, 2.24) is 4.98 Å². The maximum absolute atomic E-state index is 10.8. The van der Waals surface area contributed by atoms with Crippen molar-refractivity contribution < 1.29 is 4.79 Å². The Balaban J connectivity index is 2.41. The Kier molecular flexibility index (Phi) is 3.09. The van der Waals surface area contributed by atoms with Gasteiger partial charge in [-0.15, -0.1) is 0 Å². The van der Waals surface area contributed by atoms with Crippen LogP contribution in [0.15, 0.2) is 24.3 Å². The van der Waals surface area contributed by atoms with Crippen molar-refractivity contribution in [2.45, 2.75) is 26.7 Å². The molecule has 0 spiro atoms. The van der Waals surface area contributed by atoms with Crippen LogP contribution in [-0.2, 0) is 11.2 Å². The number of carbonyl (C=O) groups excluding carboxylic acids is 1. The van der Waals surface area contributed by atoms with Crippen molar-refractivity contribution in [3.05, 3.63) is 41.1 Å². The van der Waals surface area contributed by atoms with Crippen LogP contribution < -0.4 is 5.73 Å². The molecule has 2 aromatic rings. The van der Waals surface area contributed by atoms with E-state index in [4.69, 9.17) is 5.73 Å². The molecule has 0 aliphatic carbocycles. The highest BCUT2D eigenvalue weighted by molar-refractivity contribution is 5.83. The molecule has 0 unspecified atom stereocenters. The topological polar surface area (TPSA) is 56.0 Å². The molecule has 1 heterocycles. The monoisotopic (exact) mass is 228 g/mol. The van der Waals surface area contributed by atoms with Gasteiger partial charge in [0, 0.05) is 17.5 Å². The maximum atomic E-state index is 10.8. The summed E-state index contributed by atoms with van der Waals surface area (Å²) in [6.45, 7) is 4.14. The summed E-state index contributed by atoms with van der Waals surface area (Å²) < 4.78 is 0. The van der Waals surface area contributed by atoms with Crippen molar-refractivity contribution in [2.75, 3.05) is 0 Å². The Bertz CT molecular complexity index is 576. The summed E-state index contributed by atoms with van der Waals surface area (Å²) in [6, 6.07) is 8.23. The first-order valence-corrected chi connectivity index (χ1v) is 5.71. The maximum Gasteiger partial charge on any atom is 0.217 e. The first kappa shape index (κ1) is 11.6. The fourth-order valence-corrected chi connectivity index (χ4v) is 1.96. The summed E-state index contributed by atoms with van der Waals surface area (Å²) in [5.74, 6) is -0.284. The van der Waals surface area contributed by atoms with Crippen LogP contribution in [0.25, 0.3) is 10.9 Å². The number of hydrogen-bond acceptors (Lipinski definition) is 2. The summed E-state index contributed by atoms with van der Waals surface area (Å²) in [5, 5.41) is 1.17. The summed E-state index contributed by atoms with van der Waals surface area (Å²) >= 11 is 0. The van der Waals surface area contributed by atoms with Crippen LogP contribution in [0, 0.1) is 13.8 Å². The molecule has 17 heavy (non-hydrogen) atoms. The van der Waals surface area contributed by atoms with E-state index < -0.39 is 0 Å². The molecule has 2 N–H and O–H groups in total. The van der Waals surface area contributed by atoms with Gasteiger partial charge >= 0.3 is 0 Å². The van der Waals surface area contributed by atoms with E-state index in [0.717, 1.165) is 11.2 Å². The van der Waals surface area contributed by atoms with E-state index in [1.807, 2.05) is 18.2 Å². The molecule has 3 heteroatoms. The van der Waals surface area contributed by atoms with Crippen molar-refractivity contribution >= 4 is 16.8 Å². The zero-order valence-electron chi connectivity index (χ0n) is 10.2. The minimum atomic E-state index is -0.284. The third-order valence-corrected chi connectivity index (χ3v) is 2.85. The Hall–Kier alpha value is -1.90. The molecule has 1 amide bonds. The van der Waals surface area contributed by atoms with Crippen LogP contribution in [0.2, 0.25) is 0 Å². The SMILES string of the molecule is Cc1ccc2nc(CCC(N)=O)cc(C)c2c1. The predicted molar refractivity (Wildman–Crippen MR) is 68.7 cm³/mol. The lowest BCUT2D eigenvalue weighted by Gasteiger charge is -2.06. The Morgan fingerprint density at radius 2 is 2.06 bits per heavy atom. The van der Waals surface area contributed by atoms with Crippen molar-refractivity contribution in [3.63, 3.8) is 0 Å². The quantitative estimate of drug-likeness (QED) is 0.876. The van der Waals surface area contributed by atoms with Crippen LogP contribution in [0.3, 0.4) is 0 Å². The van der Waals surface area contributed by atoms with Crippen LogP contribution >= 0.6 is 0 Å². The number of fused-ring (bicyclic) bond motifs is 1. The summed E-state index contributed by atoms with van der Waals surface area (Å²) in [4.78, 5) is 15.3. The second-order valence-corrected chi connectivity index (χ2v) is 4.42. The predicted octanol–water partition coefficient (Wildman–Crippen LogP) is 2.27. The number of amides is 1. The molecule has 1 aromatic carbocycles. The third kappa shape index (κ3) is 2.61. The largest absolute Gasteiger partial charge is 0.370 e. The first-order valence-electron chi connectivity index (χ1n) is 5.71. The van der Waals surface area contributed by atoms with E-state index in [0.29, 0.717) is 12.8 Å². The fraction of sp³-hybridized carbons (Fsp3) is 0.286. The fourth-order valence-electron chi connectivity index (χ4n) is 1.96. The molecule has 88 valence electrons. The lowest BCUT2D eigenvalue weighted by molar-refractivity contribution is -0.118. The number of primary amides is 1. The number of benzene rings is 1. The Morgan fingerprint density at radius 3 is 2.76 bits per heavy atom. The smallest absolute Gasteiger partial charge is 0.217 e. The zero-order valence-corrected chi connectivity index (χ0v) is 10.2. The van der Waals surface area contributed by atoms with Crippen molar-refractivity contribution in [1.29, 1.82) is 0 Å². The highest BCUT2D eigenvalue weighted by atomic mass is 16.1. The number of carbonyl (C=O) groups is 1. The van der Waals surface area contributed by atoms with Gasteiger partial charge in [0.05, 0.1) is 5.52 Å². The van der Waals surface area contributed by atoms with E-state index in [2.05, 4.69) is 24.9 Å². The second kappa shape index (κ2) is 4.53. The normalized spacial score (nSPS) is 10.7. The van der Waals surface area contributed by atoms with Gasteiger partial charge in [0.25, 0.3) is 0 Å². The molecule has 2 rings (SSSR count). The number of aromatic nitrogens is 1. The van der Waals surface area contributed by atoms with Gasteiger partial charge in [0.1, 0.15) is 0 Å². The Morgan fingerprint density at radius 1 is 1.29 bits per heavy atom. The summed E-state index contributed by atoms with van der Waals surface area (Å²) in [6.07, 6.45) is 0.962. The van der Waals surface area contributed by atoms with Crippen LogP contribution in [0.1, 0.15) is 23.2 Å². The zero-order chi connectivity index (χ0) is 12.4.